The zero-order chi connectivity index (χ0) is 8.08. The summed E-state index contributed by atoms with van der Waals surface area (Å²) in [6.07, 6.45) is 0. The van der Waals surface area contributed by atoms with Gasteiger partial charge in [0.2, 0.25) is 0 Å². The summed E-state index contributed by atoms with van der Waals surface area (Å²) >= 11 is -3.29. The fourth-order valence-corrected chi connectivity index (χ4v) is 0. The molecule has 0 fully saturated rings. The van der Waals surface area contributed by atoms with Gasteiger partial charge in [0, 0.05) is 0 Å². The van der Waals surface area contributed by atoms with Crippen LogP contribution >= 0.6 is 7.82 Å². The molecule has 0 radical (unpaired) electrons. The Balaban J connectivity index is -0.0000000383. The SMILES string of the molecule is O=P(O)(O)O.O=[Se](O)O.[H-].[Na+]. The number of rotatable bonds is 0. The van der Waals surface area contributed by atoms with Crippen LogP contribution in [0.15, 0.2) is 0 Å². The molecule has 0 aromatic heterocycles. The number of hydrogen-bond acceptors (Lipinski definition) is 2. The predicted octanol–water partition coefficient (Wildman–Crippen LogP) is -5.43. The van der Waals surface area contributed by atoms with Crippen LogP contribution in [0.4, 0.5) is 0 Å². The van der Waals surface area contributed by atoms with Gasteiger partial charge >= 0.3 is 64.1 Å². The second-order valence-electron chi connectivity index (χ2n) is 0.744. The van der Waals surface area contributed by atoms with Crippen molar-refractivity contribution in [1.29, 1.82) is 0 Å². The van der Waals surface area contributed by atoms with Crippen molar-refractivity contribution in [2.75, 3.05) is 0 Å². The van der Waals surface area contributed by atoms with E-state index in [1.807, 2.05) is 0 Å². The van der Waals surface area contributed by atoms with Gasteiger partial charge in [-0.2, -0.15) is 0 Å². The van der Waals surface area contributed by atoms with Gasteiger partial charge in [-0.1, -0.05) is 0 Å². The molecule has 10 heavy (non-hydrogen) atoms. The van der Waals surface area contributed by atoms with Crippen molar-refractivity contribution in [3.63, 3.8) is 0 Å². The fourth-order valence-electron chi connectivity index (χ4n) is 0. The average Bonchev–Trinajstić information content (AvgIpc) is 1.19. The molecule has 0 spiro atoms. The molecule has 10 heteroatoms. The first-order valence-electron chi connectivity index (χ1n) is 1.31. The number of phosphoric acid groups is 1. The molecule has 0 saturated carbocycles. The topological polar surface area (TPSA) is 135 Å². The Hall–Kier alpha value is 1.35. The molecule has 0 amide bonds. The Morgan fingerprint density at radius 1 is 1.20 bits per heavy atom. The molecule has 0 rings (SSSR count). The summed E-state index contributed by atoms with van der Waals surface area (Å²) in [6.45, 7) is 0. The van der Waals surface area contributed by atoms with E-state index in [9.17, 15) is 0 Å². The van der Waals surface area contributed by atoms with Crippen molar-refractivity contribution in [1.82, 2.24) is 0 Å². The summed E-state index contributed by atoms with van der Waals surface area (Å²) in [5, 5.41) is 0. The maximum Gasteiger partial charge on any atom is 1.00 e. The van der Waals surface area contributed by atoms with Crippen LogP contribution in [0.3, 0.4) is 0 Å². The standard InChI is InChI=1S/Na.H3O4P.H2O3Se.H/c;1-5(2,3)4;1-4(2)3;/h;(H3,1,2,3,4);(H2,1,2,3);/q+1;;;-1. The maximum absolute atomic E-state index is 8.88. The average molecular weight is 251 g/mol. The molecule has 0 unspecified atom stereocenters. The van der Waals surface area contributed by atoms with Crippen LogP contribution in [-0.4, -0.2) is 37.6 Å². The summed E-state index contributed by atoms with van der Waals surface area (Å²) in [7, 11) is -4.64. The first-order valence-corrected chi connectivity index (χ1v) is 5.11. The molecule has 60 valence electrons. The minimum atomic E-state index is -4.64. The summed E-state index contributed by atoms with van der Waals surface area (Å²) in [5.41, 5.74) is 0. The zero-order valence-electron chi connectivity index (χ0n) is 5.91. The Bertz CT molecular complexity index is 118. The van der Waals surface area contributed by atoms with Gasteiger partial charge < -0.3 is 16.1 Å². The van der Waals surface area contributed by atoms with Crippen LogP contribution < -0.4 is 29.6 Å². The van der Waals surface area contributed by atoms with Crippen molar-refractivity contribution in [3.05, 3.63) is 0 Å². The summed E-state index contributed by atoms with van der Waals surface area (Å²) in [4.78, 5) is 21.6. The molecule has 0 bridgehead atoms. The molecule has 5 N–H and O–H groups in total. The van der Waals surface area contributed by atoms with Gasteiger partial charge in [0.05, 0.1) is 0 Å². The van der Waals surface area contributed by atoms with Crippen LogP contribution in [0.5, 0.6) is 0 Å². The van der Waals surface area contributed by atoms with Crippen molar-refractivity contribution in [2.45, 2.75) is 0 Å². The molecule has 0 aliphatic heterocycles. The van der Waals surface area contributed by atoms with Gasteiger partial charge in [-0.3, -0.25) is 0 Å². The number of hydrogen-bond donors (Lipinski definition) is 5. The third kappa shape index (κ3) is 358. The molecule has 0 aromatic rings. The first-order chi connectivity index (χ1) is 3.73. The normalized spacial score (nSPS) is 9.40. The molecule has 0 aliphatic carbocycles. The second-order valence-corrected chi connectivity index (χ2v) is 2.74. The van der Waals surface area contributed by atoms with E-state index in [2.05, 4.69) is 0 Å². The van der Waals surface area contributed by atoms with E-state index in [-0.39, 0.29) is 31.0 Å². The third-order valence-corrected chi connectivity index (χ3v) is 0. The molecular formula is H6NaO7PSe. The molecule has 0 atom stereocenters. The summed E-state index contributed by atoms with van der Waals surface area (Å²) < 4.78 is 32.0. The monoisotopic (exact) mass is 252 g/mol. The first kappa shape index (κ1) is 17.4. The molecule has 0 saturated heterocycles. The Morgan fingerprint density at radius 2 is 1.20 bits per heavy atom. The molecule has 0 aromatic carbocycles. The smallest absolute Gasteiger partial charge is 1.00 e. The van der Waals surface area contributed by atoms with Gasteiger partial charge in [-0.25, -0.2) is 4.57 Å². The van der Waals surface area contributed by atoms with E-state index in [0.29, 0.717) is 0 Å². The largest absolute Gasteiger partial charge is 1.00 e. The molecular weight excluding hydrogens is 245 g/mol. The van der Waals surface area contributed by atoms with E-state index >= 15 is 0 Å². The molecule has 7 nitrogen and oxygen atoms in total. The zero-order valence-corrected chi connectivity index (χ0v) is 9.52. The quantitative estimate of drug-likeness (QED) is 0.214. The van der Waals surface area contributed by atoms with Crippen LogP contribution in [0, 0.1) is 0 Å². The minimum Gasteiger partial charge on any atom is -1.00 e. The van der Waals surface area contributed by atoms with Crippen LogP contribution in [0.1, 0.15) is 1.43 Å². The summed E-state index contributed by atoms with van der Waals surface area (Å²) in [5.74, 6) is 0. The minimum absolute atomic E-state index is 0. The van der Waals surface area contributed by atoms with Crippen molar-refractivity contribution >= 4 is 22.3 Å². The van der Waals surface area contributed by atoms with E-state index < -0.39 is 22.3 Å². The second kappa shape index (κ2) is 8.45. The van der Waals surface area contributed by atoms with Gasteiger partial charge in [0.25, 0.3) is 0 Å². The third-order valence-electron chi connectivity index (χ3n) is 0. The Labute approximate surface area is 84.5 Å². The predicted molar refractivity (Wildman–Crippen MR) is 26.3 cm³/mol. The van der Waals surface area contributed by atoms with Crippen LogP contribution in [0.2, 0.25) is 0 Å². The van der Waals surface area contributed by atoms with Crippen molar-refractivity contribution in [2.24, 2.45) is 0 Å². The van der Waals surface area contributed by atoms with E-state index in [0.717, 1.165) is 0 Å². The van der Waals surface area contributed by atoms with E-state index in [4.69, 9.17) is 31.5 Å². The van der Waals surface area contributed by atoms with Gasteiger partial charge in [0.15, 0.2) is 0 Å². The van der Waals surface area contributed by atoms with Gasteiger partial charge in [-0.15, -0.1) is 0 Å². The maximum atomic E-state index is 8.88. The van der Waals surface area contributed by atoms with Gasteiger partial charge in [0.1, 0.15) is 0 Å². The fraction of sp³-hybridized carbons (Fsp3) is 0. The van der Waals surface area contributed by atoms with E-state index in [1.165, 1.54) is 0 Å². The van der Waals surface area contributed by atoms with Crippen LogP contribution in [-0.2, 0) is 8.40 Å². The Morgan fingerprint density at radius 3 is 1.20 bits per heavy atom. The van der Waals surface area contributed by atoms with E-state index in [1.54, 1.807) is 0 Å². The molecule has 0 aliphatic rings. The van der Waals surface area contributed by atoms with Crippen molar-refractivity contribution in [3.8, 4) is 0 Å². The molecule has 0 heterocycles. The van der Waals surface area contributed by atoms with Crippen LogP contribution in [0.25, 0.3) is 0 Å². The van der Waals surface area contributed by atoms with Gasteiger partial charge in [-0.05, 0) is 0 Å². The Kier molecular flexibility index (Phi) is 14.7. The van der Waals surface area contributed by atoms with Crippen molar-refractivity contribution < 1.29 is 62.4 Å². The summed E-state index contributed by atoms with van der Waals surface area (Å²) in [6, 6.07) is 0.